The van der Waals surface area contributed by atoms with Crippen LogP contribution in [0, 0.1) is 6.92 Å². The summed E-state index contributed by atoms with van der Waals surface area (Å²) in [6.07, 6.45) is 2.10. The van der Waals surface area contributed by atoms with Gasteiger partial charge in [-0.05, 0) is 32.1 Å². The summed E-state index contributed by atoms with van der Waals surface area (Å²) in [4.78, 5) is 50.4. The molecule has 0 saturated carbocycles. The number of aromatic nitrogens is 1. The van der Waals surface area contributed by atoms with E-state index in [0.29, 0.717) is 24.5 Å². The molecule has 3 rings (SSSR count). The zero-order chi connectivity index (χ0) is 24.7. The summed E-state index contributed by atoms with van der Waals surface area (Å²) in [5, 5.41) is 11.5. The molecule has 182 valence electrons. The van der Waals surface area contributed by atoms with E-state index in [9.17, 15) is 19.2 Å². The number of ether oxygens (including phenoxy) is 1. The number of nitrogens with zero attached hydrogens (tertiary/aromatic N) is 1. The molecule has 11 heteroatoms. The number of benzene rings is 1. The van der Waals surface area contributed by atoms with Crippen molar-refractivity contribution in [2.24, 2.45) is 0 Å². The number of ketones is 1. The number of thioether (sulfide) groups is 1. The van der Waals surface area contributed by atoms with Gasteiger partial charge in [0.2, 0.25) is 11.8 Å². The normalized spacial score (nSPS) is 18.4. The van der Waals surface area contributed by atoms with Gasteiger partial charge in [0.1, 0.15) is 17.4 Å². The van der Waals surface area contributed by atoms with Gasteiger partial charge in [0.05, 0.1) is 19.2 Å². The second-order valence-corrected chi connectivity index (χ2v) is 9.13. The maximum Gasteiger partial charge on any atom is 0.274 e. The molecule has 0 unspecified atom stereocenters. The van der Waals surface area contributed by atoms with Gasteiger partial charge in [-0.2, -0.15) is 11.8 Å². The van der Waals surface area contributed by atoms with Crippen LogP contribution in [0.1, 0.15) is 28.7 Å². The second-order valence-electron chi connectivity index (χ2n) is 8.22. The minimum atomic E-state index is -0.900. The molecule has 1 aromatic heterocycles. The van der Waals surface area contributed by atoms with E-state index >= 15 is 0 Å². The minimum absolute atomic E-state index is 0.0622. The van der Waals surface area contributed by atoms with Crippen molar-refractivity contribution in [2.75, 3.05) is 25.2 Å². The molecule has 3 amide bonds. The quantitative estimate of drug-likeness (QED) is 0.370. The van der Waals surface area contributed by atoms with E-state index in [4.69, 9.17) is 9.26 Å². The first-order valence-electron chi connectivity index (χ1n) is 10.7. The SMILES string of the molecule is CSC[C@@H](NC(=O)c1cc(C)on1)C(=O)NCC(=O)N[C@@H](Cc1ccccc1)C(=O)[C@@]1(C)CO1. The molecular formula is C23H28N4O6S. The van der Waals surface area contributed by atoms with Gasteiger partial charge < -0.3 is 25.2 Å². The molecule has 0 aliphatic carbocycles. The van der Waals surface area contributed by atoms with Gasteiger partial charge >= 0.3 is 0 Å². The zero-order valence-electron chi connectivity index (χ0n) is 19.3. The van der Waals surface area contributed by atoms with Crippen LogP contribution in [0.3, 0.4) is 0 Å². The van der Waals surface area contributed by atoms with Gasteiger partial charge in [0.15, 0.2) is 11.5 Å². The third-order valence-corrected chi connectivity index (χ3v) is 5.94. The summed E-state index contributed by atoms with van der Waals surface area (Å²) in [5.41, 5.74) is 0.0517. The van der Waals surface area contributed by atoms with Crippen molar-refractivity contribution in [2.45, 2.75) is 38.0 Å². The molecule has 1 fully saturated rings. The maximum atomic E-state index is 12.9. The number of amides is 3. The average Bonchev–Trinajstić information content (AvgIpc) is 3.42. The van der Waals surface area contributed by atoms with Crippen molar-refractivity contribution in [3.05, 3.63) is 53.4 Å². The van der Waals surface area contributed by atoms with E-state index in [-0.39, 0.29) is 18.0 Å². The van der Waals surface area contributed by atoms with Crippen LogP contribution in [-0.4, -0.2) is 71.5 Å². The third kappa shape index (κ3) is 6.91. The van der Waals surface area contributed by atoms with Crippen LogP contribution in [0.4, 0.5) is 0 Å². The number of Topliss-reactive ketones (excluding diaryl/α,β-unsaturated/α-hetero) is 1. The Balaban J connectivity index is 1.57. The fraction of sp³-hybridized carbons (Fsp3) is 0.435. The number of aryl methyl sites for hydroxylation is 1. The lowest BCUT2D eigenvalue weighted by Crippen LogP contribution is -2.53. The number of epoxide rings is 1. The Morgan fingerprint density at radius 3 is 2.44 bits per heavy atom. The van der Waals surface area contributed by atoms with Gasteiger partial charge in [-0.3, -0.25) is 19.2 Å². The van der Waals surface area contributed by atoms with Crippen LogP contribution in [0.25, 0.3) is 0 Å². The Morgan fingerprint density at radius 1 is 1.15 bits per heavy atom. The van der Waals surface area contributed by atoms with Crippen molar-refractivity contribution in [1.29, 1.82) is 0 Å². The Kier molecular flexibility index (Phi) is 8.46. The van der Waals surface area contributed by atoms with Crippen LogP contribution in [-0.2, 0) is 25.5 Å². The number of carbonyl (C=O) groups is 4. The highest BCUT2D eigenvalue weighted by molar-refractivity contribution is 7.98. The van der Waals surface area contributed by atoms with Crippen LogP contribution >= 0.6 is 11.8 Å². The standard InChI is InChI=1S/C23H28N4O6S/c1-14-9-17(27-33-14)22(31)26-18(12-34-3)21(30)24-11-19(28)25-16(20(29)23(2)13-32-23)10-15-7-5-4-6-8-15/h4-9,16,18H,10-13H2,1-3H3,(H,24,30)(H,25,28)(H,26,31)/t16-,18+,23+/m0/s1. The first-order valence-corrected chi connectivity index (χ1v) is 12.1. The lowest BCUT2D eigenvalue weighted by atomic mass is 9.95. The summed E-state index contributed by atoms with van der Waals surface area (Å²) < 4.78 is 10.2. The summed E-state index contributed by atoms with van der Waals surface area (Å²) in [6.45, 7) is 3.30. The molecule has 0 radical (unpaired) electrons. The molecule has 34 heavy (non-hydrogen) atoms. The molecule has 1 aliphatic rings. The first-order chi connectivity index (χ1) is 16.2. The van der Waals surface area contributed by atoms with Crippen LogP contribution in [0.15, 0.2) is 40.9 Å². The summed E-state index contributed by atoms with van der Waals surface area (Å²) >= 11 is 1.36. The summed E-state index contributed by atoms with van der Waals surface area (Å²) in [5.74, 6) is -1.05. The van der Waals surface area contributed by atoms with Crippen LogP contribution in [0.5, 0.6) is 0 Å². The Labute approximate surface area is 201 Å². The van der Waals surface area contributed by atoms with E-state index in [2.05, 4.69) is 21.1 Å². The molecule has 3 N–H and O–H groups in total. The van der Waals surface area contributed by atoms with Gasteiger partial charge in [-0.15, -0.1) is 0 Å². The molecule has 0 spiro atoms. The number of carbonyl (C=O) groups excluding carboxylic acids is 4. The molecule has 3 atom stereocenters. The monoisotopic (exact) mass is 488 g/mol. The highest BCUT2D eigenvalue weighted by atomic mass is 32.2. The van der Waals surface area contributed by atoms with E-state index in [1.165, 1.54) is 17.8 Å². The molecule has 10 nitrogen and oxygen atoms in total. The molecule has 2 heterocycles. The number of rotatable bonds is 12. The van der Waals surface area contributed by atoms with Crippen LogP contribution < -0.4 is 16.0 Å². The average molecular weight is 489 g/mol. The highest BCUT2D eigenvalue weighted by Gasteiger charge is 2.50. The zero-order valence-corrected chi connectivity index (χ0v) is 20.1. The van der Waals surface area contributed by atoms with Crippen molar-refractivity contribution in [1.82, 2.24) is 21.1 Å². The molecule has 1 saturated heterocycles. The molecule has 1 aromatic carbocycles. The molecule has 0 bridgehead atoms. The van der Waals surface area contributed by atoms with Crippen molar-refractivity contribution < 1.29 is 28.4 Å². The van der Waals surface area contributed by atoms with E-state index in [0.717, 1.165) is 5.56 Å². The van der Waals surface area contributed by atoms with E-state index in [1.807, 2.05) is 30.3 Å². The van der Waals surface area contributed by atoms with Crippen LogP contribution in [0.2, 0.25) is 0 Å². The number of hydrogen-bond acceptors (Lipinski definition) is 8. The fourth-order valence-electron chi connectivity index (χ4n) is 3.27. The predicted molar refractivity (Wildman–Crippen MR) is 125 cm³/mol. The Morgan fingerprint density at radius 2 is 1.85 bits per heavy atom. The van der Waals surface area contributed by atoms with Gasteiger partial charge in [0, 0.05) is 11.8 Å². The number of nitrogens with one attached hydrogen (secondary N) is 3. The largest absolute Gasteiger partial charge is 0.361 e. The third-order valence-electron chi connectivity index (χ3n) is 5.27. The molecular weight excluding hydrogens is 460 g/mol. The lowest BCUT2D eigenvalue weighted by molar-refractivity contribution is -0.131. The topological polar surface area (TPSA) is 143 Å². The maximum absolute atomic E-state index is 12.9. The fourth-order valence-corrected chi connectivity index (χ4v) is 3.84. The number of hydrogen-bond donors (Lipinski definition) is 3. The summed E-state index contributed by atoms with van der Waals surface area (Å²) in [7, 11) is 0. The van der Waals surface area contributed by atoms with Gasteiger partial charge in [-0.25, -0.2) is 0 Å². The first kappa shape index (κ1) is 25.4. The second kappa shape index (κ2) is 11.3. The Hall–Kier alpha value is -3.18. The summed E-state index contributed by atoms with van der Waals surface area (Å²) in [6, 6.07) is 9.11. The van der Waals surface area contributed by atoms with Crippen molar-refractivity contribution >= 4 is 35.3 Å². The molecule has 2 aromatic rings. The minimum Gasteiger partial charge on any atom is -0.361 e. The smallest absolute Gasteiger partial charge is 0.274 e. The predicted octanol–water partition coefficient (Wildman–Crippen LogP) is 0.646. The highest BCUT2D eigenvalue weighted by Crippen LogP contribution is 2.29. The van der Waals surface area contributed by atoms with Crippen molar-refractivity contribution in [3.8, 4) is 0 Å². The van der Waals surface area contributed by atoms with E-state index in [1.54, 1.807) is 20.1 Å². The molecule has 1 aliphatic heterocycles. The Bertz CT molecular complexity index is 1040. The van der Waals surface area contributed by atoms with Gasteiger partial charge in [-0.1, -0.05) is 35.5 Å². The van der Waals surface area contributed by atoms with Crippen molar-refractivity contribution in [3.63, 3.8) is 0 Å². The lowest BCUT2D eigenvalue weighted by Gasteiger charge is -2.21. The van der Waals surface area contributed by atoms with E-state index < -0.39 is 35.4 Å². The van der Waals surface area contributed by atoms with Gasteiger partial charge in [0.25, 0.3) is 5.91 Å².